The van der Waals surface area contributed by atoms with Crippen LogP contribution in [0.25, 0.3) is 0 Å². The van der Waals surface area contributed by atoms with Gasteiger partial charge in [0.15, 0.2) is 0 Å². The van der Waals surface area contributed by atoms with Gasteiger partial charge in [0.05, 0.1) is 6.61 Å². The number of benzene rings is 1. The molecule has 1 aromatic carbocycles. The zero-order chi connectivity index (χ0) is 9.10. The van der Waals surface area contributed by atoms with Gasteiger partial charge in [0.25, 0.3) is 0 Å². The lowest BCUT2D eigenvalue weighted by molar-refractivity contribution is 0.199. The lowest BCUT2D eigenvalue weighted by atomic mass is 10.1. The van der Waals surface area contributed by atoms with E-state index in [0.29, 0.717) is 5.92 Å². The topological polar surface area (TPSA) is 21.3 Å². The Hall–Kier alpha value is -1.02. The molecule has 1 N–H and O–H groups in total. The zero-order valence-corrected chi connectivity index (χ0v) is 7.92. The van der Waals surface area contributed by atoms with E-state index in [9.17, 15) is 0 Å². The highest BCUT2D eigenvalue weighted by Crippen LogP contribution is 2.13. The molecule has 1 fully saturated rings. The second kappa shape index (κ2) is 3.79. The van der Waals surface area contributed by atoms with Crippen molar-refractivity contribution in [1.82, 2.24) is 5.32 Å². The van der Waals surface area contributed by atoms with E-state index in [1.807, 2.05) is 12.1 Å². The fourth-order valence-corrected chi connectivity index (χ4v) is 1.31. The molecule has 0 bridgehead atoms. The second-order valence-electron chi connectivity index (χ2n) is 3.65. The summed E-state index contributed by atoms with van der Waals surface area (Å²) in [5, 5.41) is 3.23. The van der Waals surface area contributed by atoms with Crippen molar-refractivity contribution >= 4 is 0 Å². The van der Waals surface area contributed by atoms with Crippen LogP contribution in [-0.4, -0.2) is 19.7 Å². The minimum absolute atomic E-state index is 0.710. The fraction of sp³-hybridized carbons (Fsp3) is 0.455. The maximum Gasteiger partial charge on any atom is 0.119 e. The summed E-state index contributed by atoms with van der Waals surface area (Å²) in [6, 6.07) is 8.21. The van der Waals surface area contributed by atoms with Gasteiger partial charge in [-0.1, -0.05) is 17.7 Å². The van der Waals surface area contributed by atoms with Gasteiger partial charge in [0, 0.05) is 19.0 Å². The predicted octanol–water partition coefficient (Wildman–Crippen LogP) is 1.59. The molecular formula is C11H15NO. The van der Waals surface area contributed by atoms with Gasteiger partial charge in [0.2, 0.25) is 0 Å². The summed E-state index contributed by atoms with van der Waals surface area (Å²) in [4.78, 5) is 0. The first kappa shape index (κ1) is 8.57. The number of hydrogen-bond acceptors (Lipinski definition) is 2. The largest absolute Gasteiger partial charge is 0.493 e. The van der Waals surface area contributed by atoms with Crippen LogP contribution < -0.4 is 10.1 Å². The Bertz CT molecular complexity index is 264. The summed E-state index contributed by atoms with van der Waals surface area (Å²) < 4.78 is 5.62. The SMILES string of the molecule is Cc1ccc(OCC2CNC2)cc1. The predicted molar refractivity (Wildman–Crippen MR) is 53.0 cm³/mol. The number of aryl methyl sites for hydroxylation is 1. The maximum atomic E-state index is 5.62. The highest BCUT2D eigenvalue weighted by atomic mass is 16.5. The van der Waals surface area contributed by atoms with Crippen LogP contribution in [0.5, 0.6) is 5.75 Å². The Morgan fingerprint density at radius 2 is 2.00 bits per heavy atom. The summed E-state index contributed by atoms with van der Waals surface area (Å²) in [6.07, 6.45) is 0. The smallest absolute Gasteiger partial charge is 0.119 e. The molecule has 0 aromatic heterocycles. The van der Waals surface area contributed by atoms with Crippen molar-refractivity contribution < 1.29 is 4.74 Å². The van der Waals surface area contributed by atoms with Gasteiger partial charge in [-0.3, -0.25) is 0 Å². The Balaban J connectivity index is 1.83. The monoisotopic (exact) mass is 177 g/mol. The third kappa shape index (κ3) is 2.22. The number of hydrogen-bond donors (Lipinski definition) is 1. The summed E-state index contributed by atoms with van der Waals surface area (Å²) in [5.74, 6) is 1.69. The summed E-state index contributed by atoms with van der Waals surface area (Å²) >= 11 is 0. The molecule has 1 aliphatic rings. The van der Waals surface area contributed by atoms with Gasteiger partial charge in [-0.25, -0.2) is 0 Å². The van der Waals surface area contributed by atoms with Gasteiger partial charge >= 0.3 is 0 Å². The van der Waals surface area contributed by atoms with Crippen molar-refractivity contribution in [2.75, 3.05) is 19.7 Å². The standard InChI is InChI=1S/C11H15NO/c1-9-2-4-11(5-3-9)13-8-10-6-12-7-10/h2-5,10,12H,6-8H2,1H3. The van der Waals surface area contributed by atoms with Gasteiger partial charge < -0.3 is 10.1 Å². The molecule has 1 aromatic rings. The third-order valence-corrected chi connectivity index (χ3v) is 2.37. The van der Waals surface area contributed by atoms with Gasteiger partial charge in [-0.2, -0.15) is 0 Å². The quantitative estimate of drug-likeness (QED) is 0.757. The molecule has 13 heavy (non-hydrogen) atoms. The van der Waals surface area contributed by atoms with Crippen molar-refractivity contribution in [3.63, 3.8) is 0 Å². The van der Waals surface area contributed by atoms with E-state index >= 15 is 0 Å². The van der Waals surface area contributed by atoms with E-state index in [-0.39, 0.29) is 0 Å². The van der Waals surface area contributed by atoms with Crippen LogP contribution in [-0.2, 0) is 0 Å². The molecule has 70 valence electrons. The fourth-order valence-electron chi connectivity index (χ4n) is 1.31. The first-order valence-corrected chi connectivity index (χ1v) is 4.75. The van der Waals surface area contributed by atoms with Crippen LogP contribution in [0.1, 0.15) is 5.56 Å². The van der Waals surface area contributed by atoms with E-state index < -0.39 is 0 Å². The van der Waals surface area contributed by atoms with Crippen LogP contribution in [0.15, 0.2) is 24.3 Å². The number of ether oxygens (including phenoxy) is 1. The normalized spacial score (nSPS) is 16.7. The maximum absolute atomic E-state index is 5.62. The lowest BCUT2D eigenvalue weighted by Crippen LogP contribution is -2.45. The third-order valence-electron chi connectivity index (χ3n) is 2.37. The van der Waals surface area contributed by atoms with Crippen molar-refractivity contribution in [1.29, 1.82) is 0 Å². The molecular weight excluding hydrogens is 162 g/mol. The molecule has 0 unspecified atom stereocenters. The van der Waals surface area contributed by atoms with Crippen LogP contribution >= 0.6 is 0 Å². The van der Waals surface area contributed by atoms with Crippen molar-refractivity contribution in [2.24, 2.45) is 5.92 Å². The highest BCUT2D eigenvalue weighted by Gasteiger charge is 2.16. The Morgan fingerprint density at radius 1 is 1.31 bits per heavy atom. The van der Waals surface area contributed by atoms with Crippen LogP contribution in [0.2, 0.25) is 0 Å². The molecule has 0 spiro atoms. The van der Waals surface area contributed by atoms with E-state index in [0.717, 1.165) is 25.4 Å². The van der Waals surface area contributed by atoms with E-state index in [4.69, 9.17) is 4.74 Å². The second-order valence-corrected chi connectivity index (χ2v) is 3.65. The lowest BCUT2D eigenvalue weighted by Gasteiger charge is -2.26. The molecule has 2 nitrogen and oxygen atoms in total. The first-order chi connectivity index (χ1) is 6.34. The molecule has 1 saturated heterocycles. The molecule has 0 amide bonds. The number of rotatable bonds is 3. The average Bonchev–Trinajstić information content (AvgIpc) is 2.05. The molecule has 0 aliphatic carbocycles. The Labute approximate surface area is 78.9 Å². The molecule has 0 radical (unpaired) electrons. The summed E-state index contributed by atoms with van der Waals surface area (Å²) in [7, 11) is 0. The molecule has 2 heteroatoms. The van der Waals surface area contributed by atoms with Gasteiger partial charge in [-0.15, -0.1) is 0 Å². The van der Waals surface area contributed by atoms with Crippen molar-refractivity contribution in [3.05, 3.63) is 29.8 Å². The van der Waals surface area contributed by atoms with Crippen LogP contribution in [0.3, 0.4) is 0 Å². The molecule has 0 saturated carbocycles. The van der Waals surface area contributed by atoms with Gasteiger partial charge in [-0.05, 0) is 19.1 Å². The van der Waals surface area contributed by atoms with E-state index in [2.05, 4.69) is 24.4 Å². The van der Waals surface area contributed by atoms with Gasteiger partial charge in [0.1, 0.15) is 5.75 Å². The summed E-state index contributed by atoms with van der Waals surface area (Å²) in [5.41, 5.74) is 1.28. The first-order valence-electron chi connectivity index (χ1n) is 4.75. The highest BCUT2D eigenvalue weighted by molar-refractivity contribution is 5.26. The Morgan fingerprint density at radius 3 is 2.54 bits per heavy atom. The molecule has 0 atom stereocenters. The van der Waals surface area contributed by atoms with Crippen molar-refractivity contribution in [3.8, 4) is 5.75 Å². The van der Waals surface area contributed by atoms with Crippen LogP contribution in [0, 0.1) is 12.8 Å². The van der Waals surface area contributed by atoms with Crippen LogP contribution in [0.4, 0.5) is 0 Å². The summed E-state index contributed by atoms with van der Waals surface area (Å²) in [6.45, 7) is 5.13. The number of nitrogens with one attached hydrogen (secondary N) is 1. The molecule has 1 aliphatic heterocycles. The average molecular weight is 177 g/mol. The minimum Gasteiger partial charge on any atom is -0.493 e. The van der Waals surface area contributed by atoms with E-state index in [1.165, 1.54) is 5.56 Å². The van der Waals surface area contributed by atoms with E-state index in [1.54, 1.807) is 0 Å². The van der Waals surface area contributed by atoms with Crippen molar-refractivity contribution in [2.45, 2.75) is 6.92 Å². The molecule has 1 heterocycles. The minimum atomic E-state index is 0.710. The Kier molecular flexibility index (Phi) is 2.50. The zero-order valence-electron chi connectivity index (χ0n) is 7.92. The molecule has 2 rings (SSSR count).